The zero-order chi connectivity index (χ0) is 30.0. The molecule has 5 nitrogen and oxygen atoms in total. The van der Waals surface area contributed by atoms with E-state index in [2.05, 4.69) is 76.2 Å². The lowest BCUT2D eigenvalue weighted by Gasteiger charge is -2.44. The van der Waals surface area contributed by atoms with E-state index in [0.29, 0.717) is 6.61 Å². The summed E-state index contributed by atoms with van der Waals surface area (Å²) in [6, 6.07) is 30.6. The fraction of sp³-hybridized carbons (Fsp3) is 0.371. The lowest BCUT2D eigenvalue weighted by Crippen LogP contribution is -2.67. The van der Waals surface area contributed by atoms with Gasteiger partial charge in [-0.15, -0.1) is 0 Å². The van der Waals surface area contributed by atoms with E-state index in [1.807, 2.05) is 61.5 Å². The van der Waals surface area contributed by atoms with Crippen LogP contribution in [0.5, 0.6) is 0 Å². The number of ether oxygens (including phenoxy) is 2. The monoisotopic (exact) mass is 572 g/mol. The minimum absolute atomic E-state index is 0.107. The van der Waals surface area contributed by atoms with Crippen molar-refractivity contribution in [3.8, 4) is 0 Å². The minimum Gasteiger partial charge on any atom is -0.462 e. The molecule has 6 heteroatoms. The van der Waals surface area contributed by atoms with E-state index in [1.54, 1.807) is 0 Å². The van der Waals surface area contributed by atoms with Gasteiger partial charge in [-0.1, -0.05) is 132 Å². The fourth-order valence-corrected chi connectivity index (χ4v) is 10.1. The molecule has 0 heterocycles. The fourth-order valence-electron chi connectivity index (χ4n) is 5.47. The Kier molecular flexibility index (Phi) is 11.3. The van der Waals surface area contributed by atoms with Crippen molar-refractivity contribution >= 4 is 30.6 Å². The van der Waals surface area contributed by atoms with Crippen molar-refractivity contribution < 1.29 is 23.5 Å². The molecule has 0 aliphatic carbocycles. The zero-order valence-corrected chi connectivity index (χ0v) is 26.4. The largest absolute Gasteiger partial charge is 0.462 e. The second kappa shape index (κ2) is 14.4. The quantitative estimate of drug-likeness (QED) is 0.139. The molecule has 4 atom stereocenters. The van der Waals surface area contributed by atoms with Gasteiger partial charge >= 0.3 is 11.9 Å². The van der Waals surface area contributed by atoms with Crippen LogP contribution in [0.3, 0.4) is 0 Å². The van der Waals surface area contributed by atoms with Gasteiger partial charge in [-0.25, -0.2) is 0 Å². The first-order chi connectivity index (χ1) is 19.5. The van der Waals surface area contributed by atoms with Crippen LogP contribution >= 0.6 is 0 Å². The van der Waals surface area contributed by atoms with Crippen molar-refractivity contribution in [3.63, 3.8) is 0 Å². The zero-order valence-electron chi connectivity index (χ0n) is 25.4. The van der Waals surface area contributed by atoms with Gasteiger partial charge in [0.1, 0.15) is 12.2 Å². The van der Waals surface area contributed by atoms with Crippen LogP contribution in [0.15, 0.2) is 103 Å². The molecule has 0 unspecified atom stereocenters. The van der Waals surface area contributed by atoms with Crippen LogP contribution in [0, 0.1) is 11.8 Å². The molecule has 0 fully saturated rings. The first-order valence-corrected chi connectivity index (χ1v) is 16.2. The molecule has 3 aromatic rings. The van der Waals surface area contributed by atoms with Crippen molar-refractivity contribution in [3.05, 3.63) is 109 Å². The normalized spacial score (nSPS) is 15.1. The molecular formula is C35H44O5Si. The predicted molar refractivity (Wildman–Crippen MR) is 168 cm³/mol. The Labute approximate surface area is 246 Å². The maximum absolute atomic E-state index is 12.2. The van der Waals surface area contributed by atoms with Gasteiger partial charge in [-0.3, -0.25) is 9.59 Å². The molecule has 3 aromatic carbocycles. The summed E-state index contributed by atoms with van der Waals surface area (Å²) in [6.07, 6.45) is 2.87. The average Bonchev–Trinajstić information content (AvgIpc) is 2.94. The molecule has 0 N–H and O–H groups in total. The Morgan fingerprint density at radius 3 is 1.63 bits per heavy atom. The summed E-state index contributed by atoms with van der Waals surface area (Å²) in [4.78, 5) is 24.0. The Bertz CT molecular complexity index is 1230. The Hall–Kier alpha value is -3.48. The van der Waals surface area contributed by atoms with Gasteiger partial charge in [0.05, 0.1) is 0 Å². The third-order valence-corrected chi connectivity index (χ3v) is 12.4. The van der Waals surface area contributed by atoms with Crippen LogP contribution in [-0.4, -0.2) is 33.0 Å². The summed E-state index contributed by atoms with van der Waals surface area (Å²) >= 11 is 0. The van der Waals surface area contributed by atoms with Crippen LogP contribution in [-0.2, 0) is 23.5 Å². The SMILES string of the molecule is CC(=O)O[C@H]([C@H](C)/C=C/[C@@H](OC(C)=O)c1ccccc1)[C@@H](C)CO[Si](c1ccccc1)(c1ccccc1)C(C)(C)C. The average molecular weight is 573 g/mol. The highest BCUT2D eigenvalue weighted by atomic mass is 28.4. The molecule has 0 aliphatic rings. The van der Waals surface area contributed by atoms with Crippen molar-refractivity contribution in [1.29, 1.82) is 0 Å². The lowest BCUT2D eigenvalue weighted by atomic mass is 9.92. The number of hydrogen-bond donors (Lipinski definition) is 0. The molecule has 0 aliphatic heterocycles. The van der Waals surface area contributed by atoms with E-state index >= 15 is 0 Å². The third kappa shape index (κ3) is 8.27. The Morgan fingerprint density at radius 1 is 0.732 bits per heavy atom. The predicted octanol–water partition coefficient (Wildman–Crippen LogP) is 6.63. The van der Waals surface area contributed by atoms with E-state index in [0.717, 1.165) is 5.56 Å². The van der Waals surface area contributed by atoms with Gasteiger partial charge in [-0.2, -0.15) is 0 Å². The lowest BCUT2D eigenvalue weighted by molar-refractivity contribution is -0.151. The Morgan fingerprint density at radius 2 is 1.20 bits per heavy atom. The molecule has 41 heavy (non-hydrogen) atoms. The molecular weight excluding hydrogens is 528 g/mol. The summed E-state index contributed by atoms with van der Waals surface area (Å²) in [5.41, 5.74) is 0.873. The van der Waals surface area contributed by atoms with E-state index in [1.165, 1.54) is 24.2 Å². The van der Waals surface area contributed by atoms with Crippen LogP contribution in [0.2, 0.25) is 5.04 Å². The smallest absolute Gasteiger partial charge is 0.303 e. The number of rotatable bonds is 12. The van der Waals surface area contributed by atoms with Crippen LogP contribution in [0.25, 0.3) is 0 Å². The third-order valence-electron chi connectivity index (χ3n) is 7.37. The topological polar surface area (TPSA) is 61.8 Å². The molecule has 0 amide bonds. The number of benzene rings is 3. The van der Waals surface area contributed by atoms with Crippen molar-refractivity contribution in [2.75, 3.05) is 6.61 Å². The molecule has 218 valence electrons. The summed E-state index contributed by atoms with van der Waals surface area (Å²) < 4.78 is 18.6. The van der Waals surface area contributed by atoms with Gasteiger partial charge < -0.3 is 13.9 Å². The van der Waals surface area contributed by atoms with E-state index in [4.69, 9.17) is 13.9 Å². The van der Waals surface area contributed by atoms with E-state index in [9.17, 15) is 9.59 Å². The molecule has 0 saturated carbocycles. The summed E-state index contributed by atoms with van der Waals surface area (Å²) in [7, 11) is -2.75. The van der Waals surface area contributed by atoms with Gasteiger partial charge in [0.2, 0.25) is 0 Å². The number of carbonyl (C=O) groups excluding carboxylic acids is 2. The van der Waals surface area contributed by atoms with E-state index < -0.39 is 20.5 Å². The Balaban J connectivity index is 1.92. The maximum atomic E-state index is 12.2. The second-order valence-corrected chi connectivity index (χ2v) is 16.0. The molecule has 3 rings (SSSR count). The summed E-state index contributed by atoms with van der Waals surface area (Å²) in [5, 5.41) is 2.25. The summed E-state index contributed by atoms with van der Waals surface area (Å²) in [6.45, 7) is 14.1. The van der Waals surface area contributed by atoms with E-state index in [-0.39, 0.29) is 28.8 Å². The highest BCUT2D eigenvalue weighted by molar-refractivity contribution is 6.99. The van der Waals surface area contributed by atoms with Crippen LogP contribution in [0.1, 0.15) is 60.1 Å². The van der Waals surface area contributed by atoms with Gasteiger partial charge in [0, 0.05) is 32.3 Å². The molecule has 0 spiro atoms. The molecule has 0 bridgehead atoms. The van der Waals surface area contributed by atoms with Crippen LogP contribution < -0.4 is 10.4 Å². The van der Waals surface area contributed by atoms with Crippen molar-refractivity contribution in [1.82, 2.24) is 0 Å². The van der Waals surface area contributed by atoms with Crippen LogP contribution in [0.4, 0.5) is 0 Å². The standard InChI is InChI=1S/C35H44O5Si/c1-26(23-24-33(39-28(3)36)30-17-11-8-12-18-30)34(40-29(4)37)27(2)25-38-41(35(5,6)7,31-19-13-9-14-20-31)32-21-15-10-16-22-32/h8-24,26-27,33-34H,25H2,1-7H3/b24-23+/t26-,27+,33-,34-/m1/s1. The minimum atomic E-state index is -2.75. The molecule has 0 aromatic heterocycles. The number of hydrogen-bond acceptors (Lipinski definition) is 5. The van der Waals surface area contributed by atoms with Crippen molar-refractivity contribution in [2.45, 2.75) is 65.7 Å². The van der Waals surface area contributed by atoms with Gasteiger partial charge in [0.15, 0.2) is 0 Å². The van der Waals surface area contributed by atoms with Crippen molar-refractivity contribution in [2.24, 2.45) is 11.8 Å². The highest BCUT2D eigenvalue weighted by Gasteiger charge is 2.50. The summed E-state index contributed by atoms with van der Waals surface area (Å²) in [5.74, 6) is -0.963. The first-order valence-electron chi connectivity index (χ1n) is 14.3. The number of carbonyl (C=O) groups is 2. The van der Waals surface area contributed by atoms with Gasteiger partial charge in [-0.05, 0) is 27.1 Å². The molecule has 0 radical (unpaired) electrons. The van der Waals surface area contributed by atoms with Gasteiger partial charge in [0.25, 0.3) is 8.32 Å². The highest BCUT2D eigenvalue weighted by Crippen LogP contribution is 2.37. The second-order valence-electron chi connectivity index (χ2n) is 11.7. The first kappa shape index (κ1) is 32.0. The molecule has 0 saturated heterocycles. The maximum Gasteiger partial charge on any atom is 0.303 e. The number of esters is 2.